The van der Waals surface area contributed by atoms with Crippen LogP contribution in [0.4, 0.5) is 0 Å². The topological polar surface area (TPSA) is 78.1 Å². The van der Waals surface area contributed by atoms with Crippen molar-refractivity contribution < 1.29 is 9.59 Å². The van der Waals surface area contributed by atoms with Gasteiger partial charge in [0.1, 0.15) is 11.7 Å². The van der Waals surface area contributed by atoms with Crippen LogP contribution in [0.1, 0.15) is 16.1 Å². The second kappa shape index (κ2) is 8.48. The zero-order valence-electron chi connectivity index (χ0n) is 17.2. The molecule has 0 spiro atoms. The molecule has 4 aromatic rings. The van der Waals surface area contributed by atoms with E-state index in [2.05, 4.69) is 21.4 Å². The van der Waals surface area contributed by atoms with Gasteiger partial charge in [-0.2, -0.15) is 0 Å². The number of pyridine rings is 1. The Balaban J connectivity index is 1.43. The van der Waals surface area contributed by atoms with Crippen molar-refractivity contribution in [2.45, 2.75) is 12.5 Å². The van der Waals surface area contributed by atoms with Crippen LogP contribution in [0.3, 0.4) is 0 Å². The third kappa shape index (κ3) is 3.97. The first-order valence-corrected chi connectivity index (χ1v) is 10.8. The smallest absolute Gasteiger partial charge is 0.271 e. The molecule has 1 unspecified atom stereocenters. The fourth-order valence-electron chi connectivity index (χ4n) is 4.18. The van der Waals surface area contributed by atoms with Crippen LogP contribution in [-0.4, -0.2) is 45.8 Å². The Bertz CT molecular complexity index is 1300. The summed E-state index contributed by atoms with van der Waals surface area (Å²) in [6.07, 6.45) is 3.94. The van der Waals surface area contributed by atoms with Crippen LogP contribution in [0.2, 0.25) is 5.02 Å². The maximum atomic E-state index is 13.4. The fraction of sp³-hybridized carbons (Fsp3) is 0.160. The molecule has 2 aromatic carbocycles. The quantitative estimate of drug-likeness (QED) is 0.498. The molecular formula is C25H21ClN4O2. The van der Waals surface area contributed by atoms with Crippen molar-refractivity contribution in [2.24, 2.45) is 0 Å². The summed E-state index contributed by atoms with van der Waals surface area (Å²) in [4.78, 5) is 35.0. The van der Waals surface area contributed by atoms with E-state index in [9.17, 15) is 9.59 Å². The van der Waals surface area contributed by atoms with Crippen molar-refractivity contribution in [2.75, 3.05) is 13.1 Å². The molecule has 6 nitrogen and oxygen atoms in total. The average Bonchev–Trinajstić information content (AvgIpc) is 3.24. The number of hydrogen-bond donors (Lipinski definition) is 2. The number of piperazine rings is 1. The van der Waals surface area contributed by atoms with Gasteiger partial charge in [-0.3, -0.25) is 14.6 Å². The summed E-state index contributed by atoms with van der Waals surface area (Å²) in [6.45, 7) is 0.888. The summed E-state index contributed by atoms with van der Waals surface area (Å²) in [6, 6.07) is 18.6. The van der Waals surface area contributed by atoms with E-state index in [1.54, 1.807) is 29.4 Å². The van der Waals surface area contributed by atoms with Gasteiger partial charge in [0.25, 0.3) is 5.91 Å². The van der Waals surface area contributed by atoms with E-state index in [1.807, 2.05) is 42.5 Å². The lowest BCUT2D eigenvalue weighted by Crippen LogP contribution is -2.58. The molecule has 0 bridgehead atoms. The van der Waals surface area contributed by atoms with Crippen LogP contribution in [0, 0.1) is 0 Å². The lowest BCUT2D eigenvalue weighted by molar-refractivity contribution is -0.127. The van der Waals surface area contributed by atoms with Gasteiger partial charge in [-0.1, -0.05) is 41.9 Å². The van der Waals surface area contributed by atoms with E-state index in [1.165, 1.54) is 0 Å². The van der Waals surface area contributed by atoms with Gasteiger partial charge in [-0.15, -0.1) is 0 Å². The molecule has 0 aliphatic carbocycles. The minimum Gasteiger partial charge on any atom is -0.353 e. The number of fused-ring (bicyclic) bond motifs is 1. The predicted octanol–water partition coefficient (Wildman–Crippen LogP) is 4.07. The van der Waals surface area contributed by atoms with E-state index in [-0.39, 0.29) is 11.8 Å². The molecule has 7 heteroatoms. The number of aromatic amines is 1. The molecule has 1 fully saturated rings. The van der Waals surface area contributed by atoms with Crippen LogP contribution in [0.25, 0.3) is 22.0 Å². The Kier molecular flexibility index (Phi) is 5.37. The lowest BCUT2D eigenvalue weighted by Gasteiger charge is -2.35. The summed E-state index contributed by atoms with van der Waals surface area (Å²) in [5, 5.41) is 4.40. The van der Waals surface area contributed by atoms with Gasteiger partial charge in [-0.05, 0) is 47.0 Å². The number of nitrogens with zero attached hydrogens (tertiary/aromatic N) is 2. The number of amides is 2. The molecule has 1 aliphatic heterocycles. The van der Waals surface area contributed by atoms with E-state index >= 15 is 0 Å². The van der Waals surface area contributed by atoms with E-state index in [0.29, 0.717) is 30.2 Å². The standard InChI is InChI=1S/C25H21ClN4O2/c26-20-5-4-19-14-22(29-21(19)15-20)25(32)30-11-10-28-24(31)23(30)13-16-2-1-3-18(12-16)17-6-8-27-9-7-17/h1-9,12,14-15,23,29H,10-11,13H2,(H,28,31). The van der Waals surface area contributed by atoms with Gasteiger partial charge in [0.15, 0.2) is 0 Å². The van der Waals surface area contributed by atoms with Crippen molar-refractivity contribution in [3.8, 4) is 11.1 Å². The lowest BCUT2D eigenvalue weighted by atomic mass is 9.98. The number of rotatable bonds is 4. The maximum Gasteiger partial charge on any atom is 0.271 e. The fourth-order valence-corrected chi connectivity index (χ4v) is 4.35. The van der Waals surface area contributed by atoms with Crippen molar-refractivity contribution in [1.29, 1.82) is 0 Å². The van der Waals surface area contributed by atoms with Crippen molar-refractivity contribution >= 4 is 34.3 Å². The molecule has 2 amide bonds. The highest BCUT2D eigenvalue weighted by Gasteiger charge is 2.34. The van der Waals surface area contributed by atoms with Gasteiger partial charge >= 0.3 is 0 Å². The molecule has 2 aromatic heterocycles. The molecule has 1 aliphatic rings. The first kappa shape index (κ1) is 20.3. The molecule has 160 valence electrons. The molecule has 5 rings (SSSR count). The van der Waals surface area contributed by atoms with Crippen LogP contribution in [0.5, 0.6) is 0 Å². The van der Waals surface area contributed by atoms with Gasteiger partial charge < -0.3 is 15.2 Å². The maximum absolute atomic E-state index is 13.4. The second-order valence-electron chi connectivity index (χ2n) is 7.86. The normalized spacial score (nSPS) is 16.2. The Morgan fingerprint density at radius 1 is 1.06 bits per heavy atom. The number of carbonyl (C=O) groups is 2. The molecule has 32 heavy (non-hydrogen) atoms. The van der Waals surface area contributed by atoms with Crippen LogP contribution < -0.4 is 5.32 Å². The zero-order chi connectivity index (χ0) is 22.1. The number of hydrogen-bond acceptors (Lipinski definition) is 3. The van der Waals surface area contributed by atoms with Crippen LogP contribution in [-0.2, 0) is 11.2 Å². The highest BCUT2D eigenvalue weighted by atomic mass is 35.5. The summed E-state index contributed by atoms with van der Waals surface area (Å²) < 4.78 is 0. The Morgan fingerprint density at radius 2 is 1.91 bits per heavy atom. The molecule has 0 saturated carbocycles. The zero-order valence-corrected chi connectivity index (χ0v) is 18.0. The van der Waals surface area contributed by atoms with Crippen molar-refractivity contribution in [3.63, 3.8) is 0 Å². The third-order valence-electron chi connectivity index (χ3n) is 5.78. The molecule has 2 N–H and O–H groups in total. The van der Waals surface area contributed by atoms with Crippen LogP contribution in [0.15, 0.2) is 73.1 Å². The van der Waals surface area contributed by atoms with E-state index < -0.39 is 6.04 Å². The van der Waals surface area contributed by atoms with E-state index in [0.717, 1.165) is 27.6 Å². The Hall–Kier alpha value is -3.64. The number of H-pyrrole nitrogens is 1. The molecule has 1 atom stereocenters. The number of nitrogens with one attached hydrogen (secondary N) is 2. The minimum atomic E-state index is -0.584. The van der Waals surface area contributed by atoms with Gasteiger partial charge in [0, 0.05) is 47.8 Å². The van der Waals surface area contributed by atoms with Crippen molar-refractivity contribution in [3.05, 3.63) is 89.3 Å². The van der Waals surface area contributed by atoms with Crippen molar-refractivity contribution in [1.82, 2.24) is 20.2 Å². The predicted molar refractivity (Wildman–Crippen MR) is 125 cm³/mol. The monoisotopic (exact) mass is 444 g/mol. The highest BCUT2D eigenvalue weighted by molar-refractivity contribution is 6.31. The molecule has 3 heterocycles. The molecule has 1 saturated heterocycles. The molecule has 0 radical (unpaired) electrons. The second-order valence-corrected chi connectivity index (χ2v) is 8.30. The summed E-state index contributed by atoms with van der Waals surface area (Å²) in [5.41, 5.74) is 4.34. The Labute approximate surface area is 190 Å². The first-order chi connectivity index (χ1) is 15.6. The number of carbonyl (C=O) groups excluding carboxylic acids is 2. The third-order valence-corrected chi connectivity index (χ3v) is 6.01. The summed E-state index contributed by atoms with van der Waals surface area (Å²) >= 11 is 6.07. The largest absolute Gasteiger partial charge is 0.353 e. The number of halogens is 1. The minimum absolute atomic E-state index is 0.141. The Morgan fingerprint density at radius 3 is 2.75 bits per heavy atom. The summed E-state index contributed by atoms with van der Waals surface area (Å²) in [5.74, 6) is -0.333. The first-order valence-electron chi connectivity index (χ1n) is 10.4. The highest BCUT2D eigenvalue weighted by Crippen LogP contribution is 2.24. The van der Waals surface area contributed by atoms with Gasteiger partial charge in [0.05, 0.1) is 0 Å². The number of benzene rings is 2. The SMILES string of the molecule is O=C1NCCN(C(=O)c2cc3ccc(Cl)cc3[nH]2)C1Cc1cccc(-c2ccncc2)c1. The number of aromatic nitrogens is 2. The molecular weight excluding hydrogens is 424 g/mol. The van der Waals surface area contributed by atoms with Gasteiger partial charge in [-0.25, -0.2) is 0 Å². The average molecular weight is 445 g/mol. The summed E-state index contributed by atoms with van der Waals surface area (Å²) in [7, 11) is 0. The van der Waals surface area contributed by atoms with Gasteiger partial charge in [0.2, 0.25) is 5.91 Å². The van der Waals surface area contributed by atoms with E-state index in [4.69, 9.17) is 11.6 Å². The van der Waals surface area contributed by atoms with Crippen LogP contribution >= 0.6 is 11.6 Å².